The molecule has 34 heavy (non-hydrogen) atoms. The molecule has 0 radical (unpaired) electrons. The lowest BCUT2D eigenvalue weighted by molar-refractivity contribution is -0.132. The molecule has 3 saturated heterocycles. The number of amides is 1. The lowest BCUT2D eigenvalue weighted by Crippen LogP contribution is -2.58. The van der Waals surface area contributed by atoms with Gasteiger partial charge < -0.3 is 20.2 Å². The van der Waals surface area contributed by atoms with Gasteiger partial charge in [0.1, 0.15) is 11.1 Å². The third kappa shape index (κ3) is 4.50. The number of guanidine groups is 1. The zero-order valence-corrected chi connectivity index (χ0v) is 21.0. The first-order valence-corrected chi connectivity index (χ1v) is 13.8. The lowest BCUT2D eigenvalue weighted by atomic mass is 9.73. The van der Waals surface area contributed by atoms with E-state index in [1.807, 2.05) is 31.3 Å². The summed E-state index contributed by atoms with van der Waals surface area (Å²) in [6.07, 6.45) is 3.61. The quantitative estimate of drug-likeness (QED) is 0.649. The van der Waals surface area contributed by atoms with Gasteiger partial charge in [0.25, 0.3) is 0 Å². The smallest absolute Gasteiger partial charge is 0.222 e. The summed E-state index contributed by atoms with van der Waals surface area (Å²) in [5, 5.41) is 14.2. The van der Waals surface area contributed by atoms with Gasteiger partial charge in [-0.1, -0.05) is 23.7 Å². The summed E-state index contributed by atoms with van der Waals surface area (Å²) >= 11 is 6.07. The van der Waals surface area contributed by atoms with Gasteiger partial charge in [0.15, 0.2) is 5.96 Å². The Hall–Kier alpha value is -1.97. The van der Waals surface area contributed by atoms with Crippen LogP contribution in [0.3, 0.4) is 0 Å². The molecule has 184 valence electrons. The van der Waals surface area contributed by atoms with Crippen molar-refractivity contribution in [2.45, 2.75) is 54.9 Å². The molecule has 1 aromatic rings. The lowest BCUT2D eigenvalue weighted by Gasteiger charge is -2.43. The van der Waals surface area contributed by atoms with E-state index >= 15 is 0 Å². The standard InChI is InChI=1S/C24H32ClN5O3S/c1-29-14-18(6-7-20(29)32)26-22-21-19(8-13-34(21)33)27-23(28-22)30-11-9-24(15-31,10-12-30)16-2-4-17(25)5-3-16/h2-5,18-19,21,31H,6-15H2,1H3,(H,26,27,28)/t18-,19?,21?,34?/m0/s1. The van der Waals surface area contributed by atoms with Crippen LogP contribution in [0.5, 0.6) is 0 Å². The number of hydrogen-bond acceptors (Lipinski definition) is 6. The molecule has 0 spiro atoms. The van der Waals surface area contributed by atoms with E-state index in [-0.39, 0.29) is 35.3 Å². The van der Waals surface area contributed by atoms with E-state index in [4.69, 9.17) is 21.6 Å². The molecule has 0 aromatic heterocycles. The van der Waals surface area contributed by atoms with Crippen molar-refractivity contribution >= 4 is 40.1 Å². The van der Waals surface area contributed by atoms with E-state index in [9.17, 15) is 14.1 Å². The molecule has 0 aliphatic carbocycles. The summed E-state index contributed by atoms with van der Waals surface area (Å²) in [6.45, 7) is 2.18. The minimum Gasteiger partial charge on any atom is -0.395 e. The fourth-order valence-electron chi connectivity index (χ4n) is 5.55. The van der Waals surface area contributed by atoms with Gasteiger partial charge in [0.05, 0.1) is 18.7 Å². The maximum absolute atomic E-state index is 12.8. The van der Waals surface area contributed by atoms with Crippen molar-refractivity contribution in [2.24, 2.45) is 9.98 Å². The Morgan fingerprint density at radius 2 is 2.00 bits per heavy atom. The highest BCUT2D eigenvalue weighted by molar-refractivity contribution is 7.86. The molecule has 4 aliphatic heterocycles. The van der Waals surface area contributed by atoms with Gasteiger partial charge in [0.2, 0.25) is 5.91 Å². The van der Waals surface area contributed by atoms with E-state index in [2.05, 4.69) is 10.2 Å². The molecule has 2 N–H and O–H groups in total. The SMILES string of the molecule is CN1C[C@@H](N=C2NC(N3CCC(CO)(c4ccc(Cl)cc4)CC3)=NC3CCS(=O)C23)CCC1=O. The number of aliphatic imine (C=N–C) groups is 2. The highest BCUT2D eigenvalue weighted by atomic mass is 35.5. The van der Waals surface area contributed by atoms with Crippen LogP contribution in [-0.4, -0.2) is 93.2 Å². The van der Waals surface area contributed by atoms with Crippen LogP contribution in [-0.2, 0) is 21.0 Å². The Labute approximate surface area is 207 Å². The maximum Gasteiger partial charge on any atom is 0.222 e. The first-order chi connectivity index (χ1) is 16.4. The number of piperidine rings is 2. The second-order valence-electron chi connectivity index (χ2n) is 9.85. The molecule has 4 heterocycles. The topological polar surface area (TPSA) is 97.6 Å². The Bertz CT molecular complexity index is 1020. The van der Waals surface area contributed by atoms with Gasteiger partial charge in [-0.2, -0.15) is 0 Å². The number of rotatable bonds is 3. The minimum absolute atomic E-state index is 0.0103. The third-order valence-corrected chi connectivity index (χ3v) is 9.74. The molecule has 0 bridgehead atoms. The summed E-state index contributed by atoms with van der Waals surface area (Å²) < 4.78 is 12.8. The number of benzene rings is 1. The monoisotopic (exact) mass is 505 g/mol. The summed E-state index contributed by atoms with van der Waals surface area (Å²) in [5.74, 6) is 2.34. The van der Waals surface area contributed by atoms with Crippen molar-refractivity contribution in [3.63, 3.8) is 0 Å². The minimum atomic E-state index is -0.993. The van der Waals surface area contributed by atoms with Crippen LogP contribution in [0.2, 0.25) is 5.02 Å². The second-order valence-corrected chi connectivity index (χ2v) is 12.0. The van der Waals surface area contributed by atoms with Gasteiger partial charge in [-0.05, 0) is 43.4 Å². The number of fused-ring (bicyclic) bond motifs is 1. The van der Waals surface area contributed by atoms with Crippen molar-refractivity contribution in [3.8, 4) is 0 Å². The van der Waals surface area contributed by atoms with Gasteiger partial charge in [0, 0.05) is 60.1 Å². The van der Waals surface area contributed by atoms with Crippen molar-refractivity contribution < 1.29 is 14.1 Å². The number of nitrogens with one attached hydrogen (secondary N) is 1. The molecule has 4 aliphatic rings. The number of nitrogens with zero attached hydrogens (tertiary/aromatic N) is 4. The van der Waals surface area contributed by atoms with Crippen LogP contribution in [0.15, 0.2) is 34.3 Å². The second kappa shape index (κ2) is 9.59. The molecule has 3 unspecified atom stereocenters. The first kappa shape index (κ1) is 23.8. The summed E-state index contributed by atoms with van der Waals surface area (Å²) in [5.41, 5.74) is 0.825. The van der Waals surface area contributed by atoms with Crippen molar-refractivity contribution in [1.29, 1.82) is 0 Å². The average Bonchev–Trinajstić information content (AvgIpc) is 3.23. The number of carbonyl (C=O) groups excluding carboxylic acids is 1. The number of aliphatic hydroxyl groups is 1. The van der Waals surface area contributed by atoms with E-state index in [0.717, 1.165) is 49.7 Å². The molecular formula is C24H32ClN5O3S. The number of amidine groups is 1. The predicted molar refractivity (Wildman–Crippen MR) is 135 cm³/mol. The summed E-state index contributed by atoms with van der Waals surface area (Å²) in [4.78, 5) is 25.8. The van der Waals surface area contributed by atoms with Crippen molar-refractivity contribution in [3.05, 3.63) is 34.9 Å². The largest absolute Gasteiger partial charge is 0.395 e. The highest BCUT2D eigenvalue weighted by Crippen LogP contribution is 2.36. The van der Waals surface area contributed by atoms with Crippen LogP contribution in [0, 0.1) is 0 Å². The number of carbonyl (C=O) groups is 1. The van der Waals surface area contributed by atoms with Gasteiger partial charge >= 0.3 is 0 Å². The van der Waals surface area contributed by atoms with Crippen molar-refractivity contribution in [1.82, 2.24) is 15.1 Å². The first-order valence-electron chi connectivity index (χ1n) is 12.0. The molecule has 3 fully saturated rings. The molecule has 1 aromatic carbocycles. The number of aliphatic hydroxyl groups excluding tert-OH is 1. The van der Waals surface area contributed by atoms with Crippen LogP contribution >= 0.6 is 11.6 Å². The number of likely N-dealkylation sites (N-methyl/N-ethyl adjacent to an activating group) is 1. The van der Waals surface area contributed by atoms with Crippen LogP contribution in [0.1, 0.15) is 37.7 Å². The number of likely N-dealkylation sites (tertiary alicyclic amines) is 2. The van der Waals surface area contributed by atoms with Gasteiger partial charge in [-0.3, -0.25) is 14.0 Å². The van der Waals surface area contributed by atoms with E-state index in [0.29, 0.717) is 30.2 Å². The maximum atomic E-state index is 12.8. The Kier molecular flexibility index (Phi) is 6.70. The number of hydrogen-bond donors (Lipinski definition) is 2. The van der Waals surface area contributed by atoms with E-state index in [1.165, 1.54) is 0 Å². The fraction of sp³-hybridized carbons (Fsp3) is 0.625. The van der Waals surface area contributed by atoms with Crippen LogP contribution < -0.4 is 5.32 Å². The highest BCUT2D eigenvalue weighted by Gasteiger charge is 2.44. The predicted octanol–water partition coefficient (Wildman–Crippen LogP) is 1.53. The molecule has 5 rings (SSSR count). The average molecular weight is 506 g/mol. The fourth-order valence-corrected chi connectivity index (χ4v) is 7.32. The zero-order valence-electron chi connectivity index (χ0n) is 19.5. The Morgan fingerprint density at radius 1 is 1.26 bits per heavy atom. The third-order valence-electron chi connectivity index (χ3n) is 7.75. The molecule has 4 atom stereocenters. The van der Waals surface area contributed by atoms with Crippen LogP contribution in [0.4, 0.5) is 0 Å². The summed E-state index contributed by atoms with van der Waals surface area (Å²) in [6, 6.07) is 7.77. The van der Waals surface area contributed by atoms with Crippen molar-refractivity contribution in [2.75, 3.05) is 39.0 Å². The number of halogens is 1. The van der Waals surface area contributed by atoms with E-state index in [1.54, 1.807) is 4.90 Å². The Morgan fingerprint density at radius 3 is 2.68 bits per heavy atom. The molecule has 8 nitrogen and oxygen atoms in total. The Balaban J connectivity index is 1.33. The normalized spacial score (nSPS) is 32.4. The molecular weight excluding hydrogens is 474 g/mol. The summed E-state index contributed by atoms with van der Waals surface area (Å²) in [7, 11) is 0.820. The van der Waals surface area contributed by atoms with Gasteiger partial charge in [-0.25, -0.2) is 4.99 Å². The molecule has 0 saturated carbocycles. The zero-order chi connectivity index (χ0) is 23.9. The molecule has 1 amide bonds. The van der Waals surface area contributed by atoms with Gasteiger partial charge in [-0.15, -0.1) is 0 Å². The van der Waals surface area contributed by atoms with Crippen LogP contribution in [0.25, 0.3) is 0 Å². The van der Waals surface area contributed by atoms with E-state index < -0.39 is 10.8 Å². The molecule has 10 heteroatoms.